The minimum atomic E-state index is -1.65. The van der Waals surface area contributed by atoms with Crippen molar-refractivity contribution < 1.29 is 19.8 Å². The van der Waals surface area contributed by atoms with Crippen LogP contribution in [0, 0.1) is 13.8 Å². The van der Waals surface area contributed by atoms with Gasteiger partial charge in [0, 0.05) is 16.7 Å². The SMILES string of the molecule is Cc1ccccc1C1=C(c2cccc(C(O)O)c2C)C(=O)C=CC1=O. The van der Waals surface area contributed by atoms with E-state index in [1.165, 1.54) is 12.2 Å². The van der Waals surface area contributed by atoms with Gasteiger partial charge < -0.3 is 10.2 Å². The second-order valence-electron chi connectivity index (χ2n) is 6.02. The van der Waals surface area contributed by atoms with Crippen LogP contribution < -0.4 is 0 Å². The predicted octanol–water partition coefficient (Wildman–Crippen LogP) is 2.91. The fourth-order valence-corrected chi connectivity index (χ4v) is 3.16. The highest BCUT2D eigenvalue weighted by molar-refractivity contribution is 6.48. The molecule has 0 amide bonds. The molecule has 0 aromatic heterocycles. The van der Waals surface area contributed by atoms with Gasteiger partial charge >= 0.3 is 0 Å². The summed E-state index contributed by atoms with van der Waals surface area (Å²) in [5.74, 6) is -0.510. The molecule has 0 unspecified atom stereocenters. The summed E-state index contributed by atoms with van der Waals surface area (Å²) < 4.78 is 0. The molecule has 0 bridgehead atoms. The maximum absolute atomic E-state index is 12.6. The first-order valence-electron chi connectivity index (χ1n) is 7.95. The van der Waals surface area contributed by atoms with E-state index >= 15 is 0 Å². The Bertz CT molecular complexity index is 933. The third-order valence-corrected chi connectivity index (χ3v) is 4.47. The van der Waals surface area contributed by atoms with E-state index in [1.54, 1.807) is 25.1 Å². The smallest absolute Gasteiger partial charge is 0.187 e. The van der Waals surface area contributed by atoms with Crippen molar-refractivity contribution in [2.24, 2.45) is 0 Å². The minimum Gasteiger partial charge on any atom is -0.364 e. The number of hydrogen-bond donors (Lipinski definition) is 2. The normalized spacial score (nSPS) is 14.6. The van der Waals surface area contributed by atoms with Crippen LogP contribution in [0.25, 0.3) is 11.1 Å². The molecule has 0 saturated carbocycles. The van der Waals surface area contributed by atoms with Gasteiger partial charge in [-0.05, 0) is 48.3 Å². The van der Waals surface area contributed by atoms with E-state index in [0.717, 1.165) is 5.56 Å². The summed E-state index contributed by atoms with van der Waals surface area (Å²) in [6.45, 7) is 3.60. The molecule has 4 heteroatoms. The number of rotatable bonds is 3. The maximum atomic E-state index is 12.6. The molecule has 0 saturated heterocycles. The Hall–Kier alpha value is -2.82. The van der Waals surface area contributed by atoms with Crippen LogP contribution in [0.4, 0.5) is 0 Å². The average molecular weight is 334 g/mol. The summed E-state index contributed by atoms with van der Waals surface area (Å²) in [5, 5.41) is 19.1. The fraction of sp³-hybridized carbons (Fsp3) is 0.143. The summed E-state index contributed by atoms with van der Waals surface area (Å²) in [4.78, 5) is 25.3. The highest BCUT2D eigenvalue weighted by Gasteiger charge is 2.27. The molecule has 0 heterocycles. The summed E-state index contributed by atoms with van der Waals surface area (Å²) in [6, 6.07) is 12.4. The zero-order valence-corrected chi connectivity index (χ0v) is 14.0. The van der Waals surface area contributed by atoms with Crippen LogP contribution in [-0.4, -0.2) is 21.8 Å². The zero-order valence-electron chi connectivity index (χ0n) is 14.0. The van der Waals surface area contributed by atoms with Crippen molar-refractivity contribution in [3.05, 3.63) is 82.4 Å². The summed E-state index contributed by atoms with van der Waals surface area (Å²) in [7, 11) is 0. The zero-order chi connectivity index (χ0) is 18.1. The van der Waals surface area contributed by atoms with E-state index in [2.05, 4.69) is 0 Å². The number of allylic oxidation sites excluding steroid dienone is 4. The quantitative estimate of drug-likeness (QED) is 0.668. The minimum absolute atomic E-state index is 0.238. The number of aryl methyl sites for hydroxylation is 1. The van der Waals surface area contributed by atoms with Gasteiger partial charge in [-0.1, -0.05) is 42.5 Å². The van der Waals surface area contributed by atoms with Gasteiger partial charge in [0.05, 0.1) is 0 Å². The highest BCUT2D eigenvalue weighted by atomic mass is 16.5. The molecule has 2 aromatic carbocycles. The Kier molecular flexibility index (Phi) is 4.49. The van der Waals surface area contributed by atoms with Crippen LogP contribution in [0.15, 0.2) is 54.6 Å². The first kappa shape index (κ1) is 17.0. The maximum Gasteiger partial charge on any atom is 0.187 e. The standard InChI is InChI=1S/C21H18O4/c1-12-6-3-4-7-14(12)19-17(22)10-11-18(23)20(19)15-8-5-9-16(13(15)2)21(24)25/h3-11,21,24-25H,1-2H3. The Morgan fingerprint density at radius 1 is 0.760 bits per heavy atom. The van der Waals surface area contributed by atoms with E-state index in [1.807, 2.05) is 31.2 Å². The van der Waals surface area contributed by atoms with Crippen molar-refractivity contribution in [3.63, 3.8) is 0 Å². The van der Waals surface area contributed by atoms with Crippen LogP contribution in [0.5, 0.6) is 0 Å². The second kappa shape index (κ2) is 6.59. The van der Waals surface area contributed by atoms with Gasteiger partial charge in [0.25, 0.3) is 0 Å². The van der Waals surface area contributed by atoms with Gasteiger partial charge in [-0.25, -0.2) is 0 Å². The topological polar surface area (TPSA) is 74.6 Å². The van der Waals surface area contributed by atoms with Crippen molar-refractivity contribution in [2.45, 2.75) is 20.1 Å². The second-order valence-corrected chi connectivity index (χ2v) is 6.02. The first-order valence-corrected chi connectivity index (χ1v) is 7.95. The molecular weight excluding hydrogens is 316 g/mol. The molecule has 0 radical (unpaired) electrons. The Labute approximate surface area is 145 Å². The number of aliphatic hydroxyl groups is 2. The predicted molar refractivity (Wildman–Crippen MR) is 95.5 cm³/mol. The van der Waals surface area contributed by atoms with Gasteiger partial charge in [-0.3, -0.25) is 9.59 Å². The van der Waals surface area contributed by atoms with E-state index in [9.17, 15) is 19.8 Å². The molecule has 126 valence electrons. The molecule has 1 aliphatic carbocycles. The molecule has 4 nitrogen and oxygen atoms in total. The van der Waals surface area contributed by atoms with Crippen molar-refractivity contribution in [3.8, 4) is 0 Å². The van der Waals surface area contributed by atoms with Crippen molar-refractivity contribution in [1.29, 1.82) is 0 Å². The Morgan fingerprint density at radius 3 is 1.92 bits per heavy atom. The van der Waals surface area contributed by atoms with Gasteiger partial charge in [-0.15, -0.1) is 0 Å². The van der Waals surface area contributed by atoms with Crippen molar-refractivity contribution in [1.82, 2.24) is 0 Å². The fourth-order valence-electron chi connectivity index (χ4n) is 3.16. The lowest BCUT2D eigenvalue weighted by Crippen LogP contribution is -2.15. The third kappa shape index (κ3) is 2.97. The van der Waals surface area contributed by atoms with Gasteiger partial charge in [0.1, 0.15) is 0 Å². The van der Waals surface area contributed by atoms with Crippen LogP contribution >= 0.6 is 0 Å². The number of benzene rings is 2. The van der Waals surface area contributed by atoms with Gasteiger partial charge in [0.15, 0.2) is 17.9 Å². The van der Waals surface area contributed by atoms with Crippen LogP contribution in [0.3, 0.4) is 0 Å². The van der Waals surface area contributed by atoms with Crippen LogP contribution in [-0.2, 0) is 9.59 Å². The van der Waals surface area contributed by atoms with Gasteiger partial charge in [-0.2, -0.15) is 0 Å². The van der Waals surface area contributed by atoms with Crippen LogP contribution in [0.1, 0.15) is 34.1 Å². The highest BCUT2D eigenvalue weighted by Crippen LogP contribution is 2.35. The number of carbonyl (C=O) groups excluding carboxylic acids is 2. The lowest BCUT2D eigenvalue weighted by molar-refractivity contribution is -0.112. The first-order chi connectivity index (χ1) is 11.9. The van der Waals surface area contributed by atoms with E-state index in [-0.39, 0.29) is 11.6 Å². The molecule has 1 aliphatic rings. The Balaban J connectivity index is 2.35. The third-order valence-electron chi connectivity index (χ3n) is 4.47. The molecule has 0 aliphatic heterocycles. The molecule has 0 spiro atoms. The molecule has 0 atom stereocenters. The lowest BCUT2D eigenvalue weighted by Gasteiger charge is -2.20. The molecule has 3 rings (SSSR count). The average Bonchev–Trinajstić information content (AvgIpc) is 2.58. The number of ketones is 2. The molecular formula is C21H18O4. The van der Waals surface area contributed by atoms with Crippen LogP contribution in [0.2, 0.25) is 0 Å². The van der Waals surface area contributed by atoms with Gasteiger partial charge in [0.2, 0.25) is 0 Å². The molecule has 2 N–H and O–H groups in total. The van der Waals surface area contributed by atoms with E-state index in [0.29, 0.717) is 33.4 Å². The van der Waals surface area contributed by atoms with E-state index < -0.39 is 6.29 Å². The summed E-state index contributed by atoms with van der Waals surface area (Å²) >= 11 is 0. The monoisotopic (exact) mass is 334 g/mol. The molecule has 0 fully saturated rings. The molecule has 25 heavy (non-hydrogen) atoms. The number of carbonyl (C=O) groups is 2. The summed E-state index contributed by atoms with van der Waals surface area (Å²) in [6.07, 6.45) is 0.904. The number of aliphatic hydroxyl groups excluding tert-OH is 1. The van der Waals surface area contributed by atoms with Crippen molar-refractivity contribution in [2.75, 3.05) is 0 Å². The Morgan fingerprint density at radius 2 is 1.32 bits per heavy atom. The summed E-state index contributed by atoms with van der Waals surface area (Å²) in [5.41, 5.74) is 3.64. The van der Waals surface area contributed by atoms with E-state index in [4.69, 9.17) is 0 Å². The largest absolute Gasteiger partial charge is 0.364 e. The lowest BCUT2D eigenvalue weighted by atomic mass is 9.82. The number of hydrogen-bond acceptors (Lipinski definition) is 4. The van der Waals surface area contributed by atoms with Crippen molar-refractivity contribution >= 4 is 22.7 Å². The molecule has 2 aromatic rings.